The lowest BCUT2D eigenvalue weighted by Gasteiger charge is -2.22. The van der Waals surface area contributed by atoms with Crippen molar-refractivity contribution in [1.82, 2.24) is 4.57 Å². The highest BCUT2D eigenvalue weighted by Crippen LogP contribution is 2.38. The molecule has 2 N–H and O–H groups in total. The quantitative estimate of drug-likeness (QED) is 0.603. The minimum absolute atomic E-state index is 0.173. The van der Waals surface area contributed by atoms with Crippen LogP contribution < -0.4 is 5.73 Å². The standard InChI is InChI=1S/C15H15Br3N2/c1-8-5-10-13(19)3-2-4-14(10)20(8)15-11(17)6-9(16)7-12(15)18/h5-7,13H,2-4,19H2,1H3. The predicted octanol–water partition coefficient (Wildman–Crippen LogP) is 5.41. The van der Waals surface area contributed by atoms with Crippen molar-refractivity contribution in [3.8, 4) is 5.69 Å². The summed E-state index contributed by atoms with van der Waals surface area (Å²) in [5.74, 6) is 0. The number of fused-ring (bicyclic) bond motifs is 1. The van der Waals surface area contributed by atoms with Crippen LogP contribution in [0.2, 0.25) is 0 Å². The van der Waals surface area contributed by atoms with Gasteiger partial charge in [-0.05, 0) is 81.8 Å². The third-order valence-electron chi connectivity index (χ3n) is 3.85. The van der Waals surface area contributed by atoms with Crippen molar-refractivity contribution >= 4 is 47.8 Å². The highest BCUT2D eigenvalue weighted by Gasteiger charge is 2.24. The number of nitrogens with zero attached hydrogens (tertiary/aromatic N) is 1. The lowest BCUT2D eigenvalue weighted by Crippen LogP contribution is -2.18. The van der Waals surface area contributed by atoms with Crippen LogP contribution in [0.25, 0.3) is 5.69 Å². The van der Waals surface area contributed by atoms with Crippen LogP contribution in [0.15, 0.2) is 31.6 Å². The molecular formula is C15H15Br3N2. The summed E-state index contributed by atoms with van der Waals surface area (Å²) in [7, 11) is 0. The SMILES string of the molecule is Cc1cc2c(n1-c1c(Br)cc(Br)cc1Br)CCCC2N. The van der Waals surface area contributed by atoms with E-state index in [4.69, 9.17) is 5.73 Å². The molecule has 1 unspecified atom stereocenters. The molecule has 3 rings (SSSR count). The van der Waals surface area contributed by atoms with Gasteiger partial charge in [0, 0.05) is 30.8 Å². The summed E-state index contributed by atoms with van der Waals surface area (Å²) in [6.07, 6.45) is 3.33. The molecule has 1 atom stereocenters. The van der Waals surface area contributed by atoms with E-state index in [1.807, 2.05) is 0 Å². The van der Waals surface area contributed by atoms with Gasteiger partial charge in [-0.1, -0.05) is 15.9 Å². The Morgan fingerprint density at radius 2 is 1.80 bits per heavy atom. The molecule has 0 amide bonds. The smallest absolute Gasteiger partial charge is 0.0741 e. The molecule has 20 heavy (non-hydrogen) atoms. The minimum atomic E-state index is 0.173. The number of rotatable bonds is 1. The third-order valence-corrected chi connectivity index (χ3v) is 5.52. The van der Waals surface area contributed by atoms with Gasteiger partial charge in [-0.2, -0.15) is 0 Å². The summed E-state index contributed by atoms with van der Waals surface area (Å²) in [5.41, 5.74) is 11.3. The van der Waals surface area contributed by atoms with E-state index in [-0.39, 0.29) is 6.04 Å². The molecule has 1 aromatic carbocycles. The largest absolute Gasteiger partial charge is 0.324 e. The highest BCUT2D eigenvalue weighted by molar-refractivity contribution is 9.11. The van der Waals surface area contributed by atoms with Crippen LogP contribution in [0.1, 0.15) is 35.8 Å². The van der Waals surface area contributed by atoms with Gasteiger partial charge < -0.3 is 10.3 Å². The van der Waals surface area contributed by atoms with Crippen LogP contribution >= 0.6 is 47.8 Å². The fourth-order valence-corrected chi connectivity index (χ4v) is 5.61. The van der Waals surface area contributed by atoms with Gasteiger partial charge in [0.1, 0.15) is 0 Å². The summed E-state index contributed by atoms with van der Waals surface area (Å²) in [6, 6.07) is 6.57. The maximum absolute atomic E-state index is 6.26. The van der Waals surface area contributed by atoms with Crippen LogP contribution in [0.5, 0.6) is 0 Å². The molecule has 0 radical (unpaired) electrons. The molecule has 1 heterocycles. The van der Waals surface area contributed by atoms with E-state index in [2.05, 4.69) is 77.5 Å². The zero-order chi connectivity index (χ0) is 14.4. The Kier molecular flexibility index (Phi) is 4.15. The Morgan fingerprint density at radius 1 is 1.15 bits per heavy atom. The van der Waals surface area contributed by atoms with E-state index in [1.54, 1.807) is 0 Å². The Labute approximate surface area is 144 Å². The van der Waals surface area contributed by atoms with Crippen LogP contribution in [0.4, 0.5) is 0 Å². The van der Waals surface area contributed by atoms with Crippen molar-refractivity contribution < 1.29 is 0 Å². The maximum atomic E-state index is 6.26. The summed E-state index contributed by atoms with van der Waals surface area (Å²) < 4.78 is 5.52. The van der Waals surface area contributed by atoms with Gasteiger partial charge in [0.05, 0.1) is 5.69 Å². The highest BCUT2D eigenvalue weighted by atomic mass is 79.9. The third kappa shape index (κ3) is 2.43. The number of hydrogen-bond donors (Lipinski definition) is 1. The second-order valence-electron chi connectivity index (χ2n) is 5.24. The number of nitrogens with two attached hydrogens (primary N) is 1. The molecule has 0 saturated carbocycles. The lowest BCUT2D eigenvalue weighted by molar-refractivity contribution is 0.559. The summed E-state index contributed by atoms with van der Waals surface area (Å²) in [4.78, 5) is 0. The summed E-state index contributed by atoms with van der Waals surface area (Å²) in [6.45, 7) is 2.14. The Bertz CT molecular complexity index is 653. The van der Waals surface area contributed by atoms with Gasteiger partial charge in [0.2, 0.25) is 0 Å². The number of aromatic nitrogens is 1. The van der Waals surface area contributed by atoms with Gasteiger partial charge in [-0.3, -0.25) is 0 Å². The average molecular weight is 463 g/mol. The predicted molar refractivity (Wildman–Crippen MR) is 93.5 cm³/mol. The van der Waals surface area contributed by atoms with E-state index in [1.165, 1.54) is 17.0 Å². The zero-order valence-electron chi connectivity index (χ0n) is 11.1. The molecule has 106 valence electrons. The molecule has 0 saturated heterocycles. The van der Waals surface area contributed by atoms with Crippen molar-refractivity contribution in [2.24, 2.45) is 5.73 Å². The van der Waals surface area contributed by atoms with Gasteiger partial charge in [0.25, 0.3) is 0 Å². The Balaban J connectivity index is 2.26. The zero-order valence-corrected chi connectivity index (χ0v) is 15.8. The minimum Gasteiger partial charge on any atom is -0.324 e. The van der Waals surface area contributed by atoms with Crippen LogP contribution in [0, 0.1) is 6.92 Å². The Morgan fingerprint density at radius 3 is 2.45 bits per heavy atom. The second kappa shape index (κ2) is 5.59. The fourth-order valence-electron chi connectivity index (χ4n) is 3.00. The average Bonchev–Trinajstić information content (AvgIpc) is 2.67. The molecule has 0 aliphatic heterocycles. The molecule has 1 aliphatic carbocycles. The first kappa shape index (κ1) is 14.8. The van der Waals surface area contributed by atoms with Crippen molar-refractivity contribution in [1.29, 1.82) is 0 Å². The molecule has 1 aliphatic rings. The van der Waals surface area contributed by atoms with Gasteiger partial charge in [0.15, 0.2) is 0 Å². The topological polar surface area (TPSA) is 30.9 Å². The van der Waals surface area contributed by atoms with Gasteiger partial charge in [-0.15, -0.1) is 0 Å². The first-order valence-electron chi connectivity index (χ1n) is 6.60. The second-order valence-corrected chi connectivity index (χ2v) is 7.86. The molecule has 0 fully saturated rings. The van der Waals surface area contributed by atoms with Gasteiger partial charge >= 0.3 is 0 Å². The summed E-state index contributed by atoms with van der Waals surface area (Å²) in [5, 5.41) is 0. The molecule has 2 nitrogen and oxygen atoms in total. The van der Waals surface area contributed by atoms with Crippen molar-refractivity contribution in [3.63, 3.8) is 0 Å². The van der Waals surface area contributed by atoms with E-state index < -0.39 is 0 Å². The molecule has 0 bridgehead atoms. The normalized spacial score (nSPS) is 18.1. The molecule has 2 aromatic rings. The van der Waals surface area contributed by atoms with Crippen LogP contribution in [0.3, 0.4) is 0 Å². The lowest BCUT2D eigenvalue weighted by atomic mass is 9.93. The molecule has 5 heteroatoms. The number of benzene rings is 1. The van der Waals surface area contributed by atoms with E-state index in [0.29, 0.717) is 0 Å². The molecular weight excluding hydrogens is 448 g/mol. The van der Waals surface area contributed by atoms with Crippen molar-refractivity contribution in [2.45, 2.75) is 32.2 Å². The molecule has 1 aromatic heterocycles. The monoisotopic (exact) mass is 460 g/mol. The van der Waals surface area contributed by atoms with E-state index in [0.717, 1.165) is 38.4 Å². The number of aryl methyl sites for hydroxylation is 1. The molecule has 0 spiro atoms. The van der Waals surface area contributed by atoms with E-state index in [9.17, 15) is 0 Å². The first-order chi connectivity index (χ1) is 9.49. The fraction of sp³-hybridized carbons (Fsp3) is 0.333. The van der Waals surface area contributed by atoms with E-state index >= 15 is 0 Å². The van der Waals surface area contributed by atoms with Crippen molar-refractivity contribution in [3.05, 3.63) is 48.6 Å². The van der Waals surface area contributed by atoms with Gasteiger partial charge in [-0.25, -0.2) is 0 Å². The Hall–Kier alpha value is -0.100. The summed E-state index contributed by atoms with van der Waals surface area (Å²) >= 11 is 10.9. The first-order valence-corrected chi connectivity index (χ1v) is 8.98. The maximum Gasteiger partial charge on any atom is 0.0741 e. The number of hydrogen-bond acceptors (Lipinski definition) is 1. The van der Waals surface area contributed by atoms with Crippen molar-refractivity contribution in [2.75, 3.05) is 0 Å². The van der Waals surface area contributed by atoms with Crippen LogP contribution in [-0.2, 0) is 6.42 Å². The number of halogens is 3. The van der Waals surface area contributed by atoms with Crippen LogP contribution in [-0.4, -0.2) is 4.57 Å².